The van der Waals surface area contributed by atoms with Crippen molar-refractivity contribution in [1.82, 2.24) is 4.72 Å². The van der Waals surface area contributed by atoms with Crippen molar-refractivity contribution in [3.63, 3.8) is 0 Å². The molecule has 0 heterocycles. The Balaban J connectivity index is 3.04. The zero-order valence-electron chi connectivity index (χ0n) is 12.5. The molecule has 0 fully saturated rings. The summed E-state index contributed by atoms with van der Waals surface area (Å²) >= 11 is 0. The van der Waals surface area contributed by atoms with Gasteiger partial charge in [0.2, 0.25) is 10.0 Å². The van der Waals surface area contributed by atoms with Gasteiger partial charge in [-0.2, -0.15) is 0 Å². The second kappa shape index (κ2) is 7.06. The van der Waals surface area contributed by atoms with Crippen molar-refractivity contribution >= 4 is 10.0 Å². The summed E-state index contributed by atoms with van der Waals surface area (Å²) in [6, 6.07) is 4.60. The molecular formula is C14H24N2O3S. The zero-order valence-corrected chi connectivity index (χ0v) is 13.3. The summed E-state index contributed by atoms with van der Waals surface area (Å²) in [4.78, 5) is 0.217. The normalized spacial score (nSPS) is 14.8. The molecule has 0 aliphatic carbocycles. The highest BCUT2D eigenvalue weighted by Gasteiger charge is 2.21. The number of methoxy groups -OCH3 is 1. The Morgan fingerprint density at radius 2 is 2.00 bits per heavy atom. The van der Waals surface area contributed by atoms with E-state index in [1.807, 2.05) is 20.8 Å². The van der Waals surface area contributed by atoms with Gasteiger partial charge >= 0.3 is 0 Å². The Labute approximate surface area is 121 Å². The molecule has 0 aliphatic rings. The van der Waals surface area contributed by atoms with E-state index in [0.717, 1.165) is 6.42 Å². The molecule has 0 saturated carbocycles. The molecule has 1 aromatic carbocycles. The average molecular weight is 300 g/mol. The van der Waals surface area contributed by atoms with Gasteiger partial charge in [0, 0.05) is 18.2 Å². The summed E-state index contributed by atoms with van der Waals surface area (Å²) in [7, 11) is -2.00. The van der Waals surface area contributed by atoms with Crippen LogP contribution in [0.5, 0.6) is 5.75 Å². The second-order valence-electron chi connectivity index (χ2n) is 4.97. The van der Waals surface area contributed by atoms with Crippen molar-refractivity contribution < 1.29 is 13.2 Å². The molecule has 0 saturated heterocycles. The standard InChI is InChI=1S/C14H24N2O3S/c1-5-10(2)11(3)16-20(17,18)13-6-7-14(19-4)12(8-13)9-15/h6-8,10-11,16H,5,9,15H2,1-4H3. The van der Waals surface area contributed by atoms with E-state index in [1.165, 1.54) is 13.2 Å². The molecule has 3 N–H and O–H groups in total. The van der Waals surface area contributed by atoms with Crippen LogP contribution < -0.4 is 15.2 Å². The molecule has 6 heteroatoms. The topological polar surface area (TPSA) is 81.4 Å². The fraction of sp³-hybridized carbons (Fsp3) is 0.571. The van der Waals surface area contributed by atoms with Crippen LogP contribution in [0.2, 0.25) is 0 Å². The third-order valence-electron chi connectivity index (χ3n) is 3.62. The third-order valence-corrected chi connectivity index (χ3v) is 5.18. The number of benzene rings is 1. The van der Waals surface area contributed by atoms with Gasteiger partial charge in [-0.25, -0.2) is 13.1 Å². The summed E-state index contributed by atoms with van der Waals surface area (Å²) in [6.45, 7) is 6.16. The molecule has 2 unspecified atom stereocenters. The van der Waals surface area contributed by atoms with Crippen molar-refractivity contribution in [2.75, 3.05) is 7.11 Å². The number of nitrogens with two attached hydrogens (primary N) is 1. The minimum atomic E-state index is -3.53. The first-order chi connectivity index (χ1) is 9.35. The van der Waals surface area contributed by atoms with Crippen LogP contribution in [0.15, 0.2) is 23.1 Å². The molecule has 2 atom stereocenters. The molecule has 0 aromatic heterocycles. The van der Waals surface area contributed by atoms with E-state index in [1.54, 1.807) is 12.1 Å². The number of sulfonamides is 1. The molecule has 1 aromatic rings. The average Bonchev–Trinajstić information content (AvgIpc) is 2.44. The highest BCUT2D eigenvalue weighted by atomic mass is 32.2. The van der Waals surface area contributed by atoms with Gasteiger partial charge in [0.15, 0.2) is 0 Å². The first-order valence-corrected chi connectivity index (χ1v) is 8.23. The van der Waals surface area contributed by atoms with E-state index in [0.29, 0.717) is 11.3 Å². The predicted octanol–water partition coefficient (Wildman–Crippen LogP) is 1.87. The largest absolute Gasteiger partial charge is 0.496 e. The maximum absolute atomic E-state index is 12.3. The molecular weight excluding hydrogens is 276 g/mol. The van der Waals surface area contributed by atoms with Crippen molar-refractivity contribution in [3.05, 3.63) is 23.8 Å². The molecule has 114 valence electrons. The number of ether oxygens (including phenoxy) is 1. The monoisotopic (exact) mass is 300 g/mol. The van der Waals surface area contributed by atoms with Gasteiger partial charge in [0.05, 0.1) is 12.0 Å². The van der Waals surface area contributed by atoms with Gasteiger partial charge in [-0.05, 0) is 31.0 Å². The lowest BCUT2D eigenvalue weighted by molar-refractivity contribution is 0.409. The summed E-state index contributed by atoms with van der Waals surface area (Å²) in [5.41, 5.74) is 6.29. The Hall–Kier alpha value is -1.11. The van der Waals surface area contributed by atoms with E-state index < -0.39 is 10.0 Å². The van der Waals surface area contributed by atoms with E-state index in [9.17, 15) is 8.42 Å². The zero-order chi connectivity index (χ0) is 15.3. The molecule has 0 aliphatic heterocycles. The van der Waals surface area contributed by atoms with Gasteiger partial charge in [-0.1, -0.05) is 20.3 Å². The highest BCUT2D eigenvalue weighted by Crippen LogP contribution is 2.22. The summed E-state index contributed by atoms with van der Waals surface area (Å²) in [5, 5.41) is 0. The quantitative estimate of drug-likeness (QED) is 0.805. The maximum atomic E-state index is 12.3. The van der Waals surface area contributed by atoms with Gasteiger partial charge < -0.3 is 10.5 Å². The minimum absolute atomic E-state index is 0.117. The first-order valence-electron chi connectivity index (χ1n) is 6.75. The van der Waals surface area contributed by atoms with Crippen LogP contribution in [0.1, 0.15) is 32.8 Å². The molecule has 0 amide bonds. The van der Waals surface area contributed by atoms with Gasteiger partial charge in [0.25, 0.3) is 0 Å². The van der Waals surface area contributed by atoms with E-state index >= 15 is 0 Å². The van der Waals surface area contributed by atoms with Gasteiger partial charge in [0.1, 0.15) is 5.75 Å². The lowest BCUT2D eigenvalue weighted by Crippen LogP contribution is -2.36. The summed E-state index contributed by atoms with van der Waals surface area (Å²) in [5.74, 6) is 0.874. The SMILES string of the molecule is CCC(C)C(C)NS(=O)(=O)c1ccc(OC)c(CN)c1. The molecule has 0 radical (unpaired) electrons. The van der Waals surface area contributed by atoms with Crippen LogP contribution in [0.3, 0.4) is 0 Å². The molecule has 1 rings (SSSR count). The fourth-order valence-corrected chi connectivity index (χ4v) is 3.27. The van der Waals surface area contributed by atoms with Crippen LogP contribution in [0.25, 0.3) is 0 Å². The van der Waals surface area contributed by atoms with Crippen molar-refractivity contribution in [1.29, 1.82) is 0 Å². The predicted molar refractivity (Wildman–Crippen MR) is 80.1 cm³/mol. The van der Waals surface area contributed by atoms with Crippen LogP contribution in [-0.4, -0.2) is 21.6 Å². The highest BCUT2D eigenvalue weighted by molar-refractivity contribution is 7.89. The van der Waals surface area contributed by atoms with Crippen LogP contribution >= 0.6 is 0 Å². The molecule has 5 nitrogen and oxygen atoms in total. The third kappa shape index (κ3) is 3.94. The summed E-state index contributed by atoms with van der Waals surface area (Å²) < 4.78 is 32.5. The number of nitrogens with one attached hydrogen (secondary N) is 1. The smallest absolute Gasteiger partial charge is 0.240 e. The van der Waals surface area contributed by atoms with E-state index in [-0.39, 0.29) is 23.4 Å². The molecule has 20 heavy (non-hydrogen) atoms. The van der Waals surface area contributed by atoms with Crippen molar-refractivity contribution in [3.8, 4) is 5.75 Å². The minimum Gasteiger partial charge on any atom is -0.496 e. The van der Waals surface area contributed by atoms with Gasteiger partial charge in [-0.15, -0.1) is 0 Å². The van der Waals surface area contributed by atoms with E-state index in [4.69, 9.17) is 10.5 Å². The first kappa shape index (κ1) is 16.9. The Morgan fingerprint density at radius 1 is 1.35 bits per heavy atom. The van der Waals surface area contributed by atoms with Gasteiger partial charge in [-0.3, -0.25) is 0 Å². The number of rotatable bonds is 7. The Kier molecular flexibility index (Phi) is 5.98. The second-order valence-corrected chi connectivity index (χ2v) is 6.69. The molecule has 0 bridgehead atoms. The van der Waals surface area contributed by atoms with E-state index in [2.05, 4.69) is 4.72 Å². The molecule has 0 spiro atoms. The Morgan fingerprint density at radius 3 is 2.50 bits per heavy atom. The number of hydrogen-bond donors (Lipinski definition) is 2. The van der Waals surface area contributed by atoms with Crippen molar-refractivity contribution in [2.45, 2.75) is 44.7 Å². The van der Waals surface area contributed by atoms with Crippen LogP contribution in [-0.2, 0) is 16.6 Å². The lowest BCUT2D eigenvalue weighted by atomic mass is 10.0. The fourth-order valence-electron chi connectivity index (χ4n) is 1.86. The van der Waals surface area contributed by atoms with Crippen LogP contribution in [0, 0.1) is 5.92 Å². The summed E-state index contributed by atoms with van der Waals surface area (Å²) in [6.07, 6.45) is 0.917. The van der Waals surface area contributed by atoms with Crippen molar-refractivity contribution in [2.24, 2.45) is 11.7 Å². The maximum Gasteiger partial charge on any atom is 0.240 e. The Bertz CT molecular complexity index is 543. The lowest BCUT2D eigenvalue weighted by Gasteiger charge is -2.20. The van der Waals surface area contributed by atoms with Crippen LogP contribution in [0.4, 0.5) is 0 Å². The number of hydrogen-bond acceptors (Lipinski definition) is 4.